The van der Waals surface area contributed by atoms with Crippen LogP contribution >= 0.6 is 0 Å². The van der Waals surface area contributed by atoms with Crippen LogP contribution < -0.4 is 5.32 Å². The van der Waals surface area contributed by atoms with E-state index >= 15 is 0 Å². The van der Waals surface area contributed by atoms with E-state index in [4.69, 9.17) is 0 Å². The number of carbonyl (C=O) groups excluding carboxylic acids is 1. The van der Waals surface area contributed by atoms with Crippen LogP contribution in [0.2, 0.25) is 0 Å². The summed E-state index contributed by atoms with van der Waals surface area (Å²) in [4.78, 5) is 12.2. The largest absolute Gasteiger partial charge is 0.349 e. The highest BCUT2D eigenvalue weighted by Crippen LogP contribution is 2.23. The van der Waals surface area contributed by atoms with Crippen molar-refractivity contribution < 1.29 is 4.79 Å². The smallest absolute Gasteiger partial charge is 0.262 e. The predicted octanol–water partition coefficient (Wildman–Crippen LogP) is 3.95. The molecule has 22 heavy (non-hydrogen) atoms. The monoisotopic (exact) mass is 296 g/mol. The van der Waals surface area contributed by atoms with Crippen LogP contribution in [0.15, 0.2) is 29.8 Å². The molecule has 1 aliphatic carbocycles. The third-order valence-corrected chi connectivity index (χ3v) is 4.14. The highest BCUT2D eigenvalue weighted by Gasteiger charge is 2.19. The number of rotatable bonds is 3. The van der Waals surface area contributed by atoms with Crippen LogP contribution in [0.1, 0.15) is 57.6 Å². The molecule has 0 heterocycles. The highest BCUT2D eigenvalue weighted by molar-refractivity contribution is 6.01. The van der Waals surface area contributed by atoms with E-state index in [1.54, 1.807) is 6.08 Å². The zero-order chi connectivity index (χ0) is 16.2. The Hall–Kier alpha value is -2.08. The summed E-state index contributed by atoms with van der Waals surface area (Å²) in [5, 5.41) is 12.2. The van der Waals surface area contributed by atoms with Crippen molar-refractivity contribution in [3.63, 3.8) is 0 Å². The molecular weight excluding hydrogens is 272 g/mol. The molecule has 1 amide bonds. The Kier molecular flexibility index (Phi) is 5.03. The molecule has 2 rings (SSSR count). The minimum atomic E-state index is -0.255. The molecule has 116 valence electrons. The Morgan fingerprint density at radius 2 is 1.82 bits per heavy atom. The molecular formula is C19H24N2O. The molecule has 0 bridgehead atoms. The number of benzene rings is 1. The van der Waals surface area contributed by atoms with E-state index in [2.05, 4.69) is 38.2 Å². The van der Waals surface area contributed by atoms with Gasteiger partial charge in [-0.25, -0.2) is 0 Å². The minimum absolute atomic E-state index is 0.0974. The van der Waals surface area contributed by atoms with Gasteiger partial charge in [0.25, 0.3) is 5.91 Å². The lowest BCUT2D eigenvalue weighted by Crippen LogP contribution is -2.33. The third kappa shape index (κ3) is 4.21. The van der Waals surface area contributed by atoms with Crippen molar-refractivity contribution in [2.45, 2.75) is 57.9 Å². The second-order valence-electron chi connectivity index (χ2n) is 7.00. The van der Waals surface area contributed by atoms with Crippen molar-refractivity contribution >= 4 is 12.0 Å². The van der Waals surface area contributed by atoms with Crippen LogP contribution in [-0.4, -0.2) is 11.9 Å². The first kappa shape index (κ1) is 16.3. The van der Waals surface area contributed by atoms with Gasteiger partial charge in [-0.15, -0.1) is 0 Å². The molecule has 1 saturated carbocycles. The van der Waals surface area contributed by atoms with Crippen LogP contribution in [0.3, 0.4) is 0 Å². The Morgan fingerprint density at radius 1 is 1.23 bits per heavy atom. The Morgan fingerprint density at radius 3 is 2.32 bits per heavy atom. The number of hydrogen-bond donors (Lipinski definition) is 1. The van der Waals surface area contributed by atoms with Gasteiger partial charge < -0.3 is 5.32 Å². The van der Waals surface area contributed by atoms with Gasteiger partial charge in [-0.05, 0) is 35.5 Å². The van der Waals surface area contributed by atoms with E-state index in [1.165, 1.54) is 5.56 Å². The second-order valence-corrected chi connectivity index (χ2v) is 7.00. The molecule has 0 atom stereocenters. The van der Waals surface area contributed by atoms with Gasteiger partial charge in [0.1, 0.15) is 11.6 Å². The van der Waals surface area contributed by atoms with E-state index in [0.717, 1.165) is 31.2 Å². The molecule has 1 fully saturated rings. The minimum Gasteiger partial charge on any atom is -0.349 e. The van der Waals surface area contributed by atoms with Gasteiger partial charge in [-0.1, -0.05) is 57.9 Å². The maximum absolute atomic E-state index is 12.2. The molecule has 3 nitrogen and oxygen atoms in total. The lowest BCUT2D eigenvalue weighted by molar-refractivity contribution is -0.117. The van der Waals surface area contributed by atoms with E-state index in [-0.39, 0.29) is 22.9 Å². The molecule has 0 spiro atoms. The van der Waals surface area contributed by atoms with Crippen molar-refractivity contribution in [2.75, 3.05) is 0 Å². The lowest BCUT2D eigenvalue weighted by Gasteiger charge is -2.18. The normalized spacial score (nSPS) is 16.4. The first-order valence-electron chi connectivity index (χ1n) is 7.93. The Balaban J connectivity index is 2.11. The van der Waals surface area contributed by atoms with Crippen molar-refractivity contribution in [3.8, 4) is 6.07 Å². The number of amides is 1. The van der Waals surface area contributed by atoms with E-state index in [0.29, 0.717) is 0 Å². The van der Waals surface area contributed by atoms with Crippen molar-refractivity contribution in [1.29, 1.82) is 5.26 Å². The molecule has 1 aliphatic rings. The topological polar surface area (TPSA) is 52.9 Å². The number of nitrogens with zero attached hydrogens (tertiary/aromatic N) is 1. The first-order chi connectivity index (χ1) is 10.4. The van der Waals surface area contributed by atoms with Crippen molar-refractivity contribution in [3.05, 3.63) is 41.0 Å². The molecule has 3 heteroatoms. The predicted molar refractivity (Wildman–Crippen MR) is 89.1 cm³/mol. The number of nitriles is 1. The zero-order valence-electron chi connectivity index (χ0n) is 13.6. The lowest BCUT2D eigenvalue weighted by atomic mass is 9.86. The summed E-state index contributed by atoms with van der Waals surface area (Å²) in [7, 11) is 0. The van der Waals surface area contributed by atoms with Crippen molar-refractivity contribution in [2.24, 2.45) is 0 Å². The number of carbonyl (C=O) groups is 1. The standard InChI is InChI=1S/C19H24N2O/c1-19(2,3)16-10-8-14(9-11-16)12-15(13-20)18(22)21-17-6-4-5-7-17/h8-12,17H,4-7H2,1-3H3,(H,21,22)/b15-12-. The Bertz CT molecular complexity index is 594. The number of hydrogen-bond acceptors (Lipinski definition) is 2. The summed E-state index contributed by atoms with van der Waals surface area (Å²) in [6, 6.07) is 10.3. The van der Waals surface area contributed by atoms with Crippen LogP contribution in [0.5, 0.6) is 0 Å². The fourth-order valence-corrected chi connectivity index (χ4v) is 2.73. The third-order valence-electron chi connectivity index (χ3n) is 4.14. The summed E-state index contributed by atoms with van der Waals surface area (Å²) in [5.41, 5.74) is 2.39. The van der Waals surface area contributed by atoms with Gasteiger partial charge in [-0.2, -0.15) is 5.26 Å². The maximum atomic E-state index is 12.2. The van der Waals surface area contributed by atoms with Crippen LogP contribution in [0, 0.1) is 11.3 Å². The van der Waals surface area contributed by atoms with Gasteiger partial charge in [0.15, 0.2) is 0 Å². The first-order valence-corrected chi connectivity index (χ1v) is 7.93. The van der Waals surface area contributed by atoms with Crippen LogP contribution in [0.4, 0.5) is 0 Å². The molecule has 1 aromatic rings. The van der Waals surface area contributed by atoms with Crippen LogP contribution in [0.25, 0.3) is 6.08 Å². The summed E-state index contributed by atoms with van der Waals surface area (Å²) in [5.74, 6) is -0.255. The SMILES string of the molecule is CC(C)(C)c1ccc(/C=C(/C#N)C(=O)NC2CCCC2)cc1. The highest BCUT2D eigenvalue weighted by atomic mass is 16.1. The van der Waals surface area contributed by atoms with Gasteiger partial charge in [-0.3, -0.25) is 4.79 Å². The van der Waals surface area contributed by atoms with Gasteiger partial charge >= 0.3 is 0 Å². The molecule has 0 aromatic heterocycles. The summed E-state index contributed by atoms with van der Waals surface area (Å²) < 4.78 is 0. The summed E-state index contributed by atoms with van der Waals surface area (Å²) >= 11 is 0. The van der Waals surface area contributed by atoms with Gasteiger partial charge in [0.2, 0.25) is 0 Å². The van der Waals surface area contributed by atoms with Gasteiger partial charge in [0, 0.05) is 6.04 Å². The zero-order valence-corrected chi connectivity index (χ0v) is 13.6. The molecule has 0 saturated heterocycles. The number of nitrogens with one attached hydrogen (secondary N) is 1. The van der Waals surface area contributed by atoms with Crippen molar-refractivity contribution in [1.82, 2.24) is 5.32 Å². The molecule has 0 radical (unpaired) electrons. The fraction of sp³-hybridized carbons (Fsp3) is 0.474. The summed E-state index contributed by atoms with van der Waals surface area (Å²) in [6.45, 7) is 6.48. The Labute approximate surface area is 133 Å². The van der Waals surface area contributed by atoms with E-state index < -0.39 is 0 Å². The second kappa shape index (κ2) is 6.79. The quantitative estimate of drug-likeness (QED) is 0.678. The summed E-state index contributed by atoms with van der Waals surface area (Å²) in [6.07, 6.45) is 6.02. The molecule has 1 aromatic carbocycles. The van der Waals surface area contributed by atoms with Gasteiger partial charge in [0.05, 0.1) is 0 Å². The maximum Gasteiger partial charge on any atom is 0.262 e. The molecule has 0 unspecified atom stereocenters. The van der Waals surface area contributed by atoms with E-state index in [1.807, 2.05) is 18.2 Å². The fourth-order valence-electron chi connectivity index (χ4n) is 2.73. The molecule has 0 aliphatic heterocycles. The average Bonchev–Trinajstić information content (AvgIpc) is 2.97. The average molecular weight is 296 g/mol. The van der Waals surface area contributed by atoms with Crippen LogP contribution in [-0.2, 0) is 10.2 Å². The molecule has 1 N–H and O–H groups in total. The van der Waals surface area contributed by atoms with E-state index in [9.17, 15) is 10.1 Å².